The summed E-state index contributed by atoms with van der Waals surface area (Å²) >= 11 is 0. The molecule has 0 bridgehead atoms. The standard InChI is InChI=1S/C28H30N2O2/c1-32-27-9-5-3-7-25(27)22-14-17-29(18-15-22)20-21-10-12-24(13-11-21)28(31)30-19-16-23-6-2-4-8-26(23)30/h2-13,22H,14-20H2,1H3. The summed E-state index contributed by atoms with van der Waals surface area (Å²) in [5, 5.41) is 0. The fraction of sp³-hybridized carbons (Fsp3) is 0.321. The molecular formula is C28H30N2O2. The number of likely N-dealkylation sites (tertiary alicyclic amines) is 1. The number of nitrogens with zero attached hydrogens (tertiary/aromatic N) is 2. The number of hydrogen-bond acceptors (Lipinski definition) is 3. The number of ether oxygens (including phenoxy) is 1. The van der Waals surface area contributed by atoms with Crippen molar-refractivity contribution in [1.82, 2.24) is 4.90 Å². The lowest BCUT2D eigenvalue weighted by molar-refractivity contribution is 0.0989. The van der Waals surface area contributed by atoms with Crippen molar-refractivity contribution in [2.24, 2.45) is 0 Å². The maximum absolute atomic E-state index is 13.0. The Morgan fingerprint density at radius 1 is 0.906 bits per heavy atom. The molecule has 0 radical (unpaired) electrons. The zero-order chi connectivity index (χ0) is 21.9. The summed E-state index contributed by atoms with van der Waals surface area (Å²) in [4.78, 5) is 17.5. The molecule has 0 atom stereocenters. The van der Waals surface area contributed by atoms with Crippen molar-refractivity contribution in [1.29, 1.82) is 0 Å². The number of anilines is 1. The van der Waals surface area contributed by atoms with Gasteiger partial charge in [-0.3, -0.25) is 9.69 Å². The SMILES string of the molecule is COc1ccccc1C1CCN(Cc2ccc(C(=O)N3CCc4ccccc43)cc2)CC1. The highest BCUT2D eigenvalue weighted by atomic mass is 16.5. The zero-order valence-electron chi connectivity index (χ0n) is 18.7. The van der Waals surface area contributed by atoms with E-state index in [0.29, 0.717) is 5.92 Å². The highest BCUT2D eigenvalue weighted by Crippen LogP contribution is 2.34. The Hall–Kier alpha value is -3.11. The van der Waals surface area contributed by atoms with E-state index in [1.165, 1.54) is 16.7 Å². The molecule has 0 unspecified atom stereocenters. The largest absolute Gasteiger partial charge is 0.496 e. The zero-order valence-corrected chi connectivity index (χ0v) is 18.7. The van der Waals surface area contributed by atoms with Gasteiger partial charge in [0.15, 0.2) is 0 Å². The average molecular weight is 427 g/mol. The third-order valence-electron chi connectivity index (χ3n) is 6.91. The van der Waals surface area contributed by atoms with E-state index in [1.54, 1.807) is 7.11 Å². The van der Waals surface area contributed by atoms with Crippen LogP contribution in [-0.2, 0) is 13.0 Å². The van der Waals surface area contributed by atoms with Crippen LogP contribution in [0.25, 0.3) is 0 Å². The maximum Gasteiger partial charge on any atom is 0.258 e. The van der Waals surface area contributed by atoms with Crippen molar-refractivity contribution >= 4 is 11.6 Å². The van der Waals surface area contributed by atoms with E-state index >= 15 is 0 Å². The average Bonchev–Trinajstić information content (AvgIpc) is 3.29. The Kier molecular flexibility index (Phi) is 5.95. The van der Waals surface area contributed by atoms with Crippen LogP contribution >= 0.6 is 0 Å². The van der Waals surface area contributed by atoms with Crippen molar-refractivity contribution in [3.8, 4) is 5.75 Å². The van der Waals surface area contributed by atoms with E-state index in [1.807, 2.05) is 41.3 Å². The summed E-state index contributed by atoms with van der Waals surface area (Å²) in [5.74, 6) is 1.66. The van der Waals surface area contributed by atoms with Gasteiger partial charge in [-0.05, 0) is 79.2 Å². The fourth-order valence-corrected chi connectivity index (χ4v) is 5.12. The second-order valence-electron chi connectivity index (χ2n) is 8.82. The lowest BCUT2D eigenvalue weighted by atomic mass is 9.88. The molecule has 0 spiro atoms. The lowest BCUT2D eigenvalue weighted by Crippen LogP contribution is -2.32. The van der Waals surface area contributed by atoms with E-state index in [0.717, 1.165) is 62.4 Å². The molecule has 32 heavy (non-hydrogen) atoms. The first-order valence-corrected chi connectivity index (χ1v) is 11.6. The van der Waals surface area contributed by atoms with Crippen LogP contribution in [0.3, 0.4) is 0 Å². The third kappa shape index (κ3) is 4.15. The minimum atomic E-state index is 0.0964. The van der Waals surface area contributed by atoms with E-state index in [9.17, 15) is 4.79 Å². The molecule has 0 N–H and O–H groups in total. The number of carbonyl (C=O) groups excluding carboxylic acids is 1. The number of methoxy groups -OCH3 is 1. The topological polar surface area (TPSA) is 32.8 Å². The normalized spacial score (nSPS) is 16.7. The molecule has 164 valence electrons. The van der Waals surface area contributed by atoms with Gasteiger partial charge >= 0.3 is 0 Å². The molecule has 2 aliphatic rings. The minimum Gasteiger partial charge on any atom is -0.496 e. The van der Waals surface area contributed by atoms with E-state index < -0.39 is 0 Å². The van der Waals surface area contributed by atoms with Gasteiger partial charge in [-0.15, -0.1) is 0 Å². The first-order valence-electron chi connectivity index (χ1n) is 11.6. The van der Waals surface area contributed by atoms with Crippen molar-refractivity contribution in [3.05, 3.63) is 95.1 Å². The number of hydrogen-bond donors (Lipinski definition) is 0. The van der Waals surface area contributed by atoms with Gasteiger partial charge < -0.3 is 9.64 Å². The molecule has 4 heteroatoms. The van der Waals surface area contributed by atoms with Gasteiger partial charge in [-0.25, -0.2) is 0 Å². The molecule has 1 saturated heterocycles. The lowest BCUT2D eigenvalue weighted by Gasteiger charge is -2.32. The van der Waals surface area contributed by atoms with Gasteiger partial charge in [0.2, 0.25) is 0 Å². The molecular weight excluding hydrogens is 396 g/mol. The van der Waals surface area contributed by atoms with Crippen LogP contribution in [-0.4, -0.2) is 37.6 Å². The number of amides is 1. The molecule has 4 nitrogen and oxygen atoms in total. The molecule has 2 aliphatic heterocycles. The number of benzene rings is 3. The molecule has 0 aromatic heterocycles. The monoisotopic (exact) mass is 426 g/mol. The van der Waals surface area contributed by atoms with Crippen molar-refractivity contribution in [3.63, 3.8) is 0 Å². The molecule has 0 saturated carbocycles. The summed E-state index contributed by atoms with van der Waals surface area (Å²) in [6.45, 7) is 3.85. The van der Waals surface area contributed by atoms with Gasteiger partial charge in [0.05, 0.1) is 7.11 Å². The van der Waals surface area contributed by atoms with Crippen LogP contribution in [0.15, 0.2) is 72.8 Å². The summed E-state index contributed by atoms with van der Waals surface area (Å²) in [7, 11) is 1.75. The van der Waals surface area contributed by atoms with E-state index in [-0.39, 0.29) is 5.91 Å². The van der Waals surface area contributed by atoms with Gasteiger partial charge in [-0.2, -0.15) is 0 Å². The van der Waals surface area contributed by atoms with Crippen LogP contribution in [0.2, 0.25) is 0 Å². The molecule has 2 heterocycles. The quantitative estimate of drug-likeness (QED) is 0.557. The summed E-state index contributed by atoms with van der Waals surface area (Å²) in [6.07, 6.45) is 3.22. The number of carbonyl (C=O) groups is 1. The highest BCUT2D eigenvalue weighted by molar-refractivity contribution is 6.07. The van der Waals surface area contributed by atoms with Crippen molar-refractivity contribution < 1.29 is 9.53 Å². The summed E-state index contributed by atoms with van der Waals surface area (Å²) in [5.41, 5.74) is 5.67. The number of piperidine rings is 1. The van der Waals surface area contributed by atoms with Crippen molar-refractivity contribution in [2.45, 2.75) is 31.7 Å². The van der Waals surface area contributed by atoms with E-state index in [4.69, 9.17) is 4.74 Å². The summed E-state index contributed by atoms with van der Waals surface area (Å²) in [6, 6.07) is 24.8. The number of fused-ring (bicyclic) bond motifs is 1. The molecule has 5 rings (SSSR count). The predicted octanol–water partition coefficient (Wildman–Crippen LogP) is 5.28. The molecule has 1 amide bonds. The Balaban J connectivity index is 1.19. The Labute approximate surface area is 190 Å². The smallest absolute Gasteiger partial charge is 0.258 e. The second kappa shape index (κ2) is 9.17. The second-order valence-corrected chi connectivity index (χ2v) is 8.82. The molecule has 1 fully saturated rings. The summed E-state index contributed by atoms with van der Waals surface area (Å²) < 4.78 is 5.56. The van der Waals surface area contributed by atoms with Crippen LogP contribution < -0.4 is 9.64 Å². The van der Waals surface area contributed by atoms with Crippen molar-refractivity contribution in [2.75, 3.05) is 31.6 Å². The fourth-order valence-electron chi connectivity index (χ4n) is 5.12. The third-order valence-corrected chi connectivity index (χ3v) is 6.91. The van der Waals surface area contributed by atoms with Gasteiger partial charge in [0.25, 0.3) is 5.91 Å². The predicted molar refractivity (Wildman–Crippen MR) is 129 cm³/mol. The Morgan fingerprint density at radius 3 is 2.41 bits per heavy atom. The highest BCUT2D eigenvalue weighted by Gasteiger charge is 2.25. The first-order chi connectivity index (χ1) is 15.7. The minimum absolute atomic E-state index is 0.0964. The molecule has 3 aromatic rings. The van der Waals surface area contributed by atoms with Crippen LogP contribution in [0.5, 0.6) is 5.75 Å². The van der Waals surface area contributed by atoms with Crippen LogP contribution in [0.1, 0.15) is 45.8 Å². The van der Waals surface area contributed by atoms with Crippen LogP contribution in [0.4, 0.5) is 5.69 Å². The number of para-hydroxylation sites is 2. The van der Waals surface area contributed by atoms with Gasteiger partial charge in [-0.1, -0.05) is 48.5 Å². The van der Waals surface area contributed by atoms with Gasteiger partial charge in [0, 0.05) is 24.3 Å². The maximum atomic E-state index is 13.0. The van der Waals surface area contributed by atoms with Crippen LogP contribution in [0, 0.1) is 0 Å². The number of rotatable bonds is 5. The Morgan fingerprint density at radius 2 is 1.62 bits per heavy atom. The Bertz CT molecular complexity index is 1080. The first kappa shape index (κ1) is 20.8. The van der Waals surface area contributed by atoms with Gasteiger partial charge in [0.1, 0.15) is 5.75 Å². The molecule has 3 aromatic carbocycles. The van der Waals surface area contributed by atoms with E-state index in [2.05, 4.69) is 41.3 Å². The molecule has 0 aliphatic carbocycles.